The normalized spacial score (nSPS) is 12.5. The molecular weight excluding hydrogens is 193 g/mol. The molecule has 0 aliphatic rings. The van der Waals surface area contributed by atoms with Crippen LogP contribution in [-0.4, -0.2) is 19.8 Å². The molecule has 2 nitrogen and oxygen atoms in total. The van der Waals surface area contributed by atoms with Crippen LogP contribution in [-0.2, 0) is 4.74 Å². The van der Waals surface area contributed by atoms with Crippen LogP contribution in [0.1, 0.15) is 18.9 Å². The summed E-state index contributed by atoms with van der Waals surface area (Å²) in [5.74, 6) is -0.195. The summed E-state index contributed by atoms with van der Waals surface area (Å²) >= 11 is 0. The number of ether oxygens (including phenoxy) is 1. The fraction of sp³-hybridized carbons (Fsp3) is 0.500. The molecule has 0 radical (unpaired) electrons. The van der Waals surface area contributed by atoms with Gasteiger partial charge in [-0.15, -0.1) is 0 Å². The first kappa shape index (κ1) is 12.0. The minimum absolute atomic E-state index is 0.195. The van der Waals surface area contributed by atoms with Crippen molar-refractivity contribution in [2.45, 2.75) is 26.3 Å². The number of benzene rings is 1. The molecule has 1 atom stereocenters. The van der Waals surface area contributed by atoms with Gasteiger partial charge in [-0.3, -0.25) is 0 Å². The Balaban J connectivity index is 2.56. The highest BCUT2D eigenvalue weighted by molar-refractivity contribution is 5.46. The average Bonchev–Trinajstić information content (AvgIpc) is 2.19. The summed E-state index contributed by atoms with van der Waals surface area (Å²) in [6, 6.07) is 5.41. The molecule has 0 amide bonds. The van der Waals surface area contributed by atoms with Crippen LogP contribution in [0.5, 0.6) is 0 Å². The monoisotopic (exact) mass is 211 g/mol. The van der Waals surface area contributed by atoms with Crippen molar-refractivity contribution in [1.29, 1.82) is 0 Å². The van der Waals surface area contributed by atoms with Gasteiger partial charge < -0.3 is 10.1 Å². The second-order valence-corrected chi connectivity index (χ2v) is 3.81. The SMILES string of the molecule is COCCC(C)Nc1ccc(C)cc1F. The zero-order chi connectivity index (χ0) is 11.3. The summed E-state index contributed by atoms with van der Waals surface area (Å²) in [6.45, 7) is 4.57. The van der Waals surface area contributed by atoms with Crippen molar-refractivity contribution >= 4 is 5.69 Å². The third-order valence-electron chi connectivity index (χ3n) is 2.28. The quantitative estimate of drug-likeness (QED) is 0.808. The Hall–Kier alpha value is -1.09. The van der Waals surface area contributed by atoms with E-state index in [1.54, 1.807) is 13.2 Å². The van der Waals surface area contributed by atoms with E-state index in [4.69, 9.17) is 4.74 Å². The number of hydrogen-bond acceptors (Lipinski definition) is 2. The van der Waals surface area contributed by atoms with E-state index in [2.05, 4.69) is 5.32 Å². The van der Waals surface area contributed by atoms with Crippen LogP contribution < -0.4 is 5.32 Å². The molecule has 3 heteroatoms. The van der Waals surface area contributed by atoms with Gasteiger partial charge in [0, 0.05) is 19.8 Å². The summed E-state index contributed by atoms with van der Waals surface area (Å²) in [4.78, 5) is 0. The maximum atomic E-state index is 13.4. The van der Waals surface area contributed by atoms with Crippen molar-refractivity contribution in [2.75, 3.05) is 19.0 Å². The molecule has 0 aliphatic heterocycles. The van der Waals surface area contributed by atoms with Crippen LogP contribution in [0.25, 0.3) is 0 Å². The summed E-state index contributed by atoms with van der Waals surface area (Å²) < 4.78 is 18.4. The Kier molecular flexibility index (Phi) is 4.56. The molecule has 0 aromatic heterocycles. The van der Waals surface area contributed by atoms with Gasteiger partial charge in [-0.05, 0) is 38.0 Å². The lowest BCUT2D eigenvalue weighted by Gasteiger charge is -2.15. The number of methoxy groups -OCH3 is 1. The molecular formula is C12H18FNO. The minimum atomic E-state index is -0.195. The predicted molar refractivity (Wildman–Crippen MR) is 60.7 cm³/mol. The highest BCUT2D eigenvalue weighted by Crippen LogP contribution is 2.16. The van der Waals surface area contributed by atoms with Gasteiger partial charge in [0.1, 0.15) is 5.82 Å². The summed E-state index contributed by atoms with van der Waals surface area (Å²) in [5, 5.41) is 3.12. The molecule has 0 spiro atoms. The summed E-state index contributed by atoms with van der Waals surface area (Å²) in [5.41, 5.74) is 1.49. The Morgan fingerprint density at radius 3 is 2.80 bits per heavy atom. The van der Waals surface area contributed by atoms with Gasteiger partial charge in [0.25, 0.3) is 0 Å². The number of halogens is 1. The fourth-order valence-corrected chi connectivity index (χ4v) is 1.37. The molecule has 1 aromatic carbocycles. The van der Waals surface area contributed by atoms with E-state index in [0.29, 0.717) is 12.3 Å². The Morgan fingerprint density at radius 1 is 1.47 bits per heavy atom. The highest BCUT2D eigenvalue weighted by atomic mass is 19.1. The zero-order valence-corrected chi connectivity index (χ0v) is 9.51. The standard InChI is InChI=1S/C12H18FNO/c1-9-4-5-12(11(13)8-9)14-10(2)6-7-15-3/h4-5,8,10,14H,6-7H2,1-3H3. The van der Waals surface area contributed by atoms with Gasteiger partial charge in [-0.2, -0.15) is 0 Å². The topological polar surface area (TPSA) is 21.3 Å². The summed E-state index contributed by atoms with van der Waals surface area (Å²) in [6.07, 6.45) is 0.865. The molecule has 1 aromatic rings. The lowest BCUT2D eigenvalue weighted by Crippen LogP contribution is -2.17. The Bertz CT molecular complexity index is 314. The first-order valence-corrected chi connectivity index (χ1v) is 5.15. The van der Waals surface area contributed by atoms with Crippen LogP contribution in [0, 0.1) is 12.7 Å². The van der Waals surface area contributed by atoms with Crippen LogP contribution >= 0.6 is 0 Å². The molecule has 1 N–H and O–H groups in total. The second-order valence-electron chi connectivity index (χ2n) is 3.81. The predicted octanol–water partition coefficient (Wildman–Crippen LogP) is 2.97. The maximum absolute atomic E-state index is 13.4. The third-order valence-corrected chi connectivity index (χ3v) is 2.28. The van der Waals surface area contributed by atoms with Crippen molar-refractivity contribution < 1.29 is 9.13 Å². The molecule has 0 saturated heterocycles. The Labute approximate surface area is 90.4 Å². The maximum Gasteiger partial charge on any atom is 0.146 e. The minimum Gasteiger partial charge on any atom is -0.385 e. The number of anilines is 1. The van der Waals surface area contributed by atoms with E-state index in [9.17, 15) is 4.39 Å². The van der Waals surface area contributed by atoms with E-state index in [-0.39, 0.29) is 11.9 Å². The van der Waals surface area contributed by atoms with Crippen molar-refractivity contribution in [3.63, 3.8) is 0 Å². The number of nitrogens with one attached hydrogen (secondary N) is 1. The first-order chi connectivity index (χ1) is 7.13. The van der Waals surface area contributed by atoms with E-state index in [0.717, 1.165) is 12.0 Å². The van der Waals surface area contributed by atoms with Gasteiger partial charge in [0.15, 0.2) is 0 Å². The fourth-order valence-electron chi connectivity index (χ4n) is 1.37. The molecule has 0 bridgehead atoms. The van der Waals surface area contributed by atoms with Gasteiger partial charge in [0.2, 0.25) is 0 Å². The largest absolute Gasteiger partial charge is 0.385 e. The number of hydrogen-bond donors (Lipinski definition) is 1. The summed E-state index contributed by atoms with van der Waals surface area (Å²) in [7, 11) is 1.67. The molecule has 0 fully saturated rings. The number of rotatable bonds is 5. The van der Waals surface area contributed by atoms with Gasteiger partial charge in [0.05, 0.1) is 5.69 Å². The van der Waals surface area contributed by atoms with Crippen LogP contribution in [0.15, 0.2) is 18.2 Å². The lowest BCUT2D eigenvalue weighted by molar-refractivity contribution is 0.191. The Morgan fingerprint density at radius 2 is 2.20 bits per heavy atom. The van der Waals surface area contributed by atoms with E-state index >= 15 is 0 Å². The molecule has 0 saturated carbocycles. The van der Waals surface area contributed by atoms with E-state index in [1.165, 1.54) is 6.07 Å². The first-order valence-electron chi connectivity index (χ1n) is 5.15. The van der Waals surface area contributed by atoms with E-state index < -0.39 is 0 Å². The molecule has 1 unspecified atom stereocenters. The van der Waals surface area contributed by atoms with Crippen LogP contribution in [0.3, 0.4) is 0 Å². The zero-order valence-electron chi connectivity index (χ0n) is 9.51. The second kappa shape index (κ2) is 5.71. The van der Waals surface area contributed by atoms with E-state index in [1.807, 2.05) is 19.9 Å². The van der Waals surface area contributed by atoms with Gasteiger partial charge >= 0.3 is 0 Å². The molecule has 84 valence electrons. The lowest BCUT2D eigenvalue weighted by atomic mass is 10.2. The molecule has 0 aliphatic carbocycles. The van der Waals surface area contributed by atoms with Crippen molar-refractivity contribution in [2.24, 2.45) is 0 Å². The van der Waals surface area contributed by atoms with Crippen LogP contribution in [0.4, 0.5) is 10.1 Å². The van der Waals surface area contributed by atoms with Crippen molar-refractivity contribution in [3.8, 4) is 0 Å². The van der Waals surface area contributed by atoms with Crippen molar-refractivity contribution in [1.82, 2.24) is 0 Å². The molecule has 15 heavy (non-hydrogen) atoms. The van der Waals surface area contributed by atoms with Crippen molar-refractivity contribution in [3.05, 3.63) is 29.6 Å². The number of aryl methyl sites for hydroxylation is 1. The van der Waals surface area contributed by atoms with Crippen LogP contribution in [0.2, 0.25) is 0 Å². The highest BCUT2D eigenvalue weighted by Gasteiger charge is 2.05. The average molecular weight is 211 g/mol. The van der Waals surface area contributed by atoms with Gasteiger partial charge in [-0.1, -0.05) is 6.07 Å². The molecule has 1 rings (SSSR count). The smallest absolute Gasteiger partial charge is 0.146 e. The molecule has 0 heterocycles. The van der Waals surface area contributed by atoms with Gasteiger partial charge in [-0.25, -0.2) is 4.39 Å². The third kappa shape index (κ3) is 3.88.